The van der Waals surface area contributed by atoms with Crippen LogP contribution in [0.15, 0.2) is 4.34 Å². The Morgan fingerprint density at radius 3 is 2.20 bits per heavy atom. The summed E-state index contributed by atoms with van der Waals surface area (Å²) < 4.78 is 21.6. The number of rotatable bonds is 1. The summed E-state index contributed by atoms with van der Waals surface area (Å²) in [7, 11) is -3.14. The molecule has 6 heteroatoms. The molecule has 0 aliphatic heterocycles. The highest BCUT2D eigenvalue weighted by molar-refractivity contribution is 7.92. The Balaban J connectivity index is 3.21. The summed E-state index contributed by atoms with van der Waals surface area (Å²) in [5, 5.41) is 7.71. The van der Waals surface area contributed by atoms with Crippen molar-refractivity contribution in [1.82, 2.24) is 10.2 Å². The van der Waals surface area contributed by atoms with Gasteiger partial charge in [0.15, 0.2) is 0 Å². The Morgan fingerprint density at radius 2 is 2.00 bits per heavy atom. The van der Waals surface area contributed by atoms with E-state index in [0.29, 0.717) is 5.01 Å². The molecular formula is C4H6N2O2S2. The molecule has 0 amide bonds. The highest BCUT2D eigenvalue weighted by Crippen LogP contribution is 2.13. The Morgan fingerprint density at radius 1 is 1.40 bits per heavy atom. The molecule has 0 spiro atoms. The number of hydrogen-bond acceptors (Lipinski definition) is 5. The molecule has 1 rings (SSSR count). The monoisotopic (exact) mass is 178 g/mol. The third kappa shape index (κ3) is 1.51. The van der Waals surface area contributed by atoms with Gasteiger partial charge in [-0.1, -0.05) is 11.3 Å². The van der Waals surface area contributed by atoms with Gasteiger partial charge in [0, 0.05) is 6.26 Å². The van der Waals surface area contributed by atoms with E-state index in [4.69, 9.17) is 0 Å². The van der Waals surface area contributed by atoms with Crippen LogP contribution in [-0.4, -0.2) is 24.9 Å². The van der Waals surface area contributed by atoms with E-state index in [2.05, 4.69) is 10.2 Å². The number of nitrogens with zero attached hydrogens (tertiary/aromatic N) is 2. The van der Waals surface area contributed by atoms with Crippen LogP contribution in [0.2, 0.25) is 0 Å². The van der Waals surface area contributed by atoms with Crippen molar-refractivity contribution in [3.63, 3.8) is 0 Å². The lowest BCUT2D eigenvalue weighted by Crippen LogP contribution is -1.95. The molecule has 10 heavy (non-hydrogen) atoms. The van der Waals surface area contributed by atoms with E-state index in [1.807, 2.05) is 0 Å². The number of aromatic nitrogens is 2. The van der Waals surface area contributed by atoms with Gasteiger partial charge < -0.3 is 0 Å². The van der Waals surface area contributed by atoms with Gasteiger partial charge in [-0.05, 0) is 6.92 Å². The maximum absolute atomic E-state index is 10.8. The van der Waals surface area contributed by atoms with Crippen molar-refractivity contribution in [2.24, 2.45) is 0 Å². The molecular weight excluding hydrogens is 172 g/mol. The molecule has 1 heterocycles. The van der Waals surface area contributed by atoms with Crippen LogP contribution in [-0.2, 0) is 9.84 Å². The maximum Gasteiger partial charge on any atom is 0.232 e. The second kappa shape index (κ2) is 2.28. The average Bonchev–Trinajstić information content (AvgIpc) is 2.11. The summed E-state index contributed by atoms with van der Waals surface area (Å²) in [4.78, 5) is 0. The van der Waals surface area contributed by atoms with Crippen molar-refractivity contribution >= 4 is 21.2 Å². The van der Waals surface area contributed by atoms with E-state index in [9.17, 15) is 8.42 Å². The molecule has 0 radical (unpaired) electrons. The van der Waals surface area contributed by atoms with Gasteiger partial charge in [0.05, 0.1) is 0 Å². The largest absolute Gasteiger partial charge is 0.232 e. The quantitative estimate of drug-likeness (QED) is 0.618. The molecule has 0 aliphatic carbocycles. The van der Waals surface area contributed by atoms with Gasteiger partial charge >= 0.3 is 0 Å². The third-order valence-corrected chi connectivity index (χ3v) is 3.33. The summed E-state index contributed by atoms with van der Waals surface area (Å²) in [5.41, 5.74) is 0. The van der Waals surface area contributed by atoms with Gasteiger partial charge in [0.2, 0.25) is 14.2 Å². The molecule has 0 unspecified atom stereocenters. The molecule has 0 saturated carbocycles. The summed E-state index contributed by atoms with van der Waals surface area (Å²) in [6.45, 7) is 1.71. The van der Waals surface area contributed by atoms with Gasteiger partial charge in [0.25, 0.3) is 0 Å². The van der Waals surface area contributed by atoms with Crippen molar-refractivity contribution in [2.45, 2.75) is 11.3 Å². The van der Waals surface area contributed by atoms with Crippen molar-refractivity contribution in [1.29, 1.82) is 0 Å². The Bertz CT molecular complexity index is 327. The zero-order valence-electron chi connectivity index (χ0n) is 5.53. The van der Waals surface area contributed by atoms with Crippen molar-refractivity contribution in [3.05, 3.63) is 5.01 Å². The number of aryl methyl sites for hydroxylation is 1. The van der Waals surface area contributed by atoms with Crippen molar-refractivity contribution < 1.29 is 8.42 Å². The SMILES string of the molecule is Cc1nnc(S(C)(=O)=O)s1. The van der Waals surface area contributed by atoms with Crippen LogP contribution in [0.4, 0.5) is 0 Å². The van der Waals surface area contributed by atoms with Crippen LogP contribution in [0, 0.1) is 6.92 Å². The predicted octanol–water partition coefficient (Wildman–Crippen LogP) is 0.250. The fourth-order valence-corrected chi connectivity index (χ4v) is 2.00. The Kier molecular flexibility index (Phi) is 1.74. The summed E-state index contributed by atoms with van der Waals surface area (Å²) in [5.74, 6) is 0. The number of hydrogen-bond donors (Lipinski definition) is 0. The van der Waals surface area contributed by atoms with Crippen LogP contribution in [0.5, 0.6) is 0 Å². The fourth-order valence-electron chi connectivity index (χ4n) is 0.428. The lowest BCUT2D eigenvalue weighted by atomic mass is 10.9. The third-order valence-electron chi connectivity index (χ3n) is 0.825. The molecule has 1 aromatic heterocycles. The minimum Gasteiger partial charge on any atom is -0.221 e. The molecule has 0 N–H and O–H groups in total. The van der Waals surface area contributed by atoms with E-state index < -0.39 is 9.84 Å². The normalized spacial score (nSPS) is 11.8. The summed E-state index contributed by atoms with van der Waals surface area (Å²) >= 11 is 1.08. The van der Waals surface area contributed by atoms with E-state index >= 15 is 0 Å². The van der Waals surface area contributed by atoms with Gasteiger partial charge in [-0.15, -0.1) is 10.2 Å². The zero-order chi connectivity index (χ0) is 7.78. The average molecular weight is 178 g/mol. The van der Waals surface area contributed by atoms with Crippen LogP contribution in [0.25, 0.3) is 0 Å². The second-order valence-corrected chi connectivity index (χ2v) is 5.23. The maximum atomic E-state index is 10.8. The lowest BCUT2D eigenvalue weighted by Gasteiger charge is -1.83. The molecule has 4 nitrogen and oxygen atoms in total. The molecule has 0 fully saturated rings. The Labute approximate surface area is 62.8 Å². The summed E-state index contributed by atoms with van der Waals surface area (Å²) in [6.07, 6.45) is 1.12. The molecule has 0 atom stereocenters. The predicted molar refractivity (Wildman–Crippen MR) is 37.8 cm³/mol. The Hall–Kier alpha value is -0.490. The van der Waals surface area contributed by atoms with Crippen molar-refractivity contribution in [3.8, 4) is 0 Å². The van der Waals surface area contributed by atoms with Gasteiger partial charge in [-0.25, -0.2) is 8.42 Å². The van der Waals surface area contributed by atoms with Crippen LogP contribution in [0.3, 0.4) is 0 Å². The zero-order valence-corrected chi connectivity index (χ0v) is 7.16. The van der Waals surface area contributed by atoms with E-state index in [0.717, 1.165) is 17.6 Å². The molecule has 56 valence electrons. The van der Waals surface area contributed by atoms with Gasteiger partial charge in [0.1, 0.15) is 5.01 Å². The molecule has 1 aromatic rings. The lowest BCUT2D eigenvalue weighted by molar-refractivity contribution is 0.600. The first-order valence-electron chi connectivity index (χ1n) is 2.50. The van der Waals surface area contributed by atoms with Crippen LogP contribution < -0.4 is 0 Å². The summed E-state index contributed by atoms with van der Waals surface area (Å²) in [6, 6.07) is 0. The van der Waals surface area contributed by atoms with Gasteiger partial charge in [-0.3, -0.25) is 0 Å². The standard InChI is InChI=1S/C4H6N2O2S2/c1-3-5-6-4(9-3)10(2,7)8/h1-2H3. The first-order valence-corrected chi connectivity index (χ1v) is 5.21. The smallest absolute Gasteiger partial charge is 0.221 e. The van der Waals surface area contributed by atoms with E-state index in [1.165, 1.54) is 0 Å². The molecule has 0 aromatic carbocycles. The van der Waals surface area contributed by atoms with E-state index in [1.54, 1.807) is 6.92 Å². The van der Waals surface area contributed by atoms with Crippen LogP contribution in [0.1, 0.15) is 5.01 Å². The first-order chi connectivity index (χ1) is 4.50. The second-order valence-electron chi connectivity index (χ2n) is 1.86. The highest BCUT2D eigenvalue weighted by atomic mass is 32.2. The molecule has 0 bridgehead atoms. The van der Waals surface area contributed by atoms with Crippen molar-refractivity contribution in [2.75, 3.05) is 6.26 Å². The fraction of sp³-hybridized carbons (Fsp3) is 0.500. The highest BCUT2D eigenvalue weighted by Gasteiger charge is 2.11. The van der Waals surface area contributed by atoms with Crippen LogP contribution >= 0.6 is 11.3 Å². The first kappa shape index (κ1) is 7.62. The van der Waals surface area contributed by atoms with E-state index in [-0.39, 0.29) is 4.34 Å². The van der Waals surface area contributed by atoms with Gasteiger partial charge in [-0.2, -0.15) is 0 Å². The minimum atomic E-state index is -3.14. The molecule has 0 aliphatic rings. The molecule has 0 saturated heterocycles. The topological polar surface area (TPSA) is 59.9 Å². The minimum absolute atomic E-state index is 0.0880. The number of sulfone groups is 1.